The van der Waals surface area contributed by atoms with Crippen molar-refractivity contribution >= 4 is 11.8 Å². The van der Waals surface area contributed by atoms with Crippen molar-refractivity contribution < 1.29 is 19.4 Å². The van der Waals surface area contributed by atoms with Gasteiger partial charge in [0, 0.05) is 5.69 Å². The van der Waals surface area contributed by atoms with Crippen LogP contribution in [0.2, 0.25) is 0 Å². The maximum Gasteiger partial charge on any atom is 0.411 e. The maximum absolute atomic E-state index is 11.7. The number of ether oxygens (including phenoxy) is 2. The van der Waals surface area contributed by atoms with E-state index in [0.29, 0.717) is 11.4 Å². The maximum atomic E-state index is 11.7. The van der Waals surface area contributed by atoms with Crippen molar-refractivity contribution in [3.05, 3.63) is 60.2 Å². The quantitative estimate of drug-likeness (QED) is 0.855. The van der Waals surface area contributed by atoms with Crippen LogP contribution < -0.4 is 10.1 Å². The van der Waals surface area contributed by atoms with E-state index in [1.807, 2.05) is 30.3 Å². The lowest BCUT2D eigenvalue weighted by Gasteiger charge is -2.17. The number of rotatable bonds is 6. The van der Waals surface area contributed by atoms with Gasteiger partial charge in [0.15, 0.2) is 0 Å². The molecule has 1 amide bonds. The van der Waals surface area contributed by atoms with E-state index >= 15 is 0 Å². The second-order valence-electron chi connectivity index (χ2n) is 5.81. The Labute approximate surface area is 135 Å². The fourth-order valence-corrected chi connectivity index (χ4v) is 1.77. The molecule has 0 saturated carbocycles. The zero-order chi connectivity index (χ0) is 16.7. The van der Waals surface area contributed by atoms with Gasteiger partial charge in [-0.2, -0.15) is 0 Å². The van der Waals surface area contributed by atoms with Gasteiger partial charge >= 0.3 is 6.09 Å². The van der Waals surface area contributed by atoms with Gasteiger partial charge in [0.05, 0.1) is 5.60 Å². The van der Waals surface area contributed by atoms with Gasteiger partial charge < -0.3 is 14.6 Å². The Kier molecular flexibility index (Phi) is 5.60. The van der Waals surface area contributed by atoms with Crippen LogP contribution in [0.4, 0.5) is 10.5 Å². The molecule has 5 heteroatoms. The molecule has 0 saturated heterocycles. The van der Waals surface area contributed by atoms with E-state index in [1.165, 1.54) is 0 Å². The highest BCUT2D eigenvalue weighted by atomic mass is 16.5. The summed E-state index contributed by atoms with van der Waals surface area (Å²) in [6, 6.07) is 16.3. The molecule has 0 aliphatic carbocycles. The summed E-state index contributed by atoms with van der Waals surface area (Å²) in [7, 11) is 0. The molecule has 2 aromatic rings. The van der Waals surface area contributed by atoms with E-state index in [9.17, 15) is 9.90 Å². The minimum atomic E-state index is -0.891. The Morgan fingerprint density at radius 1 is 1.09 bits per heavy atom. The number of amides is 1. The predicted molar refractivity (Wildman–Crippen MR) is 88.5 cm³/mol. The molecule has 122 valence electrons. The average Bonchev–Trinajstić information content (AvgIpc) is 2.53. The molecule has 0 aromatic heterocycles. The predicted octanol–water partition coefficient (Wildman–Crippen LogP) is 3.59. The van der Waals surface area contributed by atoms with E-state index in [2.05, 4.69) is 5.32 Å². The largest absolute Gasteiger partial charge is 0.491 e. The van der Waals surface area contributed by atoms with Crippen LogP contribution in [0.3, 0.4) is 0 Å². The SMILES string of the molecule is CC(C)(O)COc1ccc(NC(=O)OCc2ccccc2)cc1. The van der Waals surface area contributed by atoms with Crippen LogP contribution in [0.25, 0.3) is 0 Å². The normalized spacial score (nSPS) is 10.9. The zero-order valence-electron chi connectivity index (χ0n) is 13.3. The summed E-state index contributed by atoms with van der Waals surface area (Å²) in [6.07, 6.45) is -0.515. The molecule has 23 heavy (non-hydrogen) atoms. The van der Waals surface area contributed by atoms with Crippen LogP contribution in [0.5, 0.6) is 5.75 Å². The van der Waals surface area contributed by atoms with Crippen molar-refractivity contribution in [3.8, 4) is 5.75 Å². The summed E-state index contributed by atoms with van der Waals surface area (Å²) >= 11 is 0. The topological polar surface area (TPSA) is 67.8 Å². The van der Waals surface area contributed by atoms with Crippen LogP contribution in [0, 0.1) is 0 Å². The molecular weight excluding hydrogens is 294 g/mol. The van der Waals surface area contributed by atoms with Crippen molar-refractivity contribution in [2.24, 2.45) is 0 Å². The summed E-state index contributed by atoms with van der Waals surface area (Å²) < 4.78 is 10.6. The van der Waals surface area contributed by atoms with Crippen molar-refractivity contribution in [2.75, 3.05) is 11.9 Å². The first-order valence-corrected chi connectivity index (χ1v) is 7.35. The second kappa shape index (κ2) is 7.65. The first kappa shape index (κ1) is 16.8. The average molecular weight is 315 g/mol. The third-order valence-electron chi connectivity index (χ3n) is 2.91. The van der Waals surface area contributed by atoms with E-state index in [0.717, 1.165) is 5.56 Å². The van der Waals surface area contributed by atoms with Crippen LogP contribution in [-0.2, 0) is 11.3 Å². The fourth-order valence-electron chi connectivity index (χ4n) is 1.77. The molecule has 0 heterocycles. The summed E-state index contributed by atoms with van der Waals surface area (Å²) in [5, 5.41) is 12.3. The fraction of sp³-hybridized carbons (Fsp3) is 0.278. The first-order chi connectivity index (χ1) is 10.9. The van der Waals surface area contributed by atoms with Gasteiger partial charge in [0.2, 0.25) is 0 Å². The molecule has 2 rings (SSSR count). The Bertz CT molecular complexity index is 618. The molecule has 0 bridgehead atoms. The Balaban J connectivity index is 1.80. The van der Waals surface area contributed by atoms with E-state index in [4.69, 9.17) is 9.47 Å². The number of aliphatic hydroxyl groups is 1. The van der Waals surface area contributed by atoms with Gasteiger partial charge in [-0.05, 0) is 43.7 Å². The lowest BCUT2D eigenvalue weighted by Crippen LogP contribution is -2.27. The van der Waals surface area contributed by atoms with Crippen molar-refractivity contribution in [1.29, 1.82) is 0 Å². The molecule has 0 aliphatic rings. The van der Waals surface area contributed by atoms with E-state index < -0.39 is 11.7 Å². The number of benzene rings is 2. The van der Waals surface area contributed by atoms with Crippen molar-refractivity contribution in [1.82, 2.24) is 0 Å². The third-order valence-corrected chi connectivity index (χ3v) is 2.91. The number of anilines is 1. The molecule has 0 atom stereocenters. The highest BCUT2D eigenvalue weighted by Gasteiger charge is 2.13. The minimum Gasteiger partial charge on any atom is -0.491 e. The standard InChI is InChI=1S/C18H21NO4/c1-18(2,21)13-23-16-10-8-15(9-11-16)19-17(20)22-12-14-6-4-3-5-7-14/h3-11,21H,12-13H2,1-2H3,(H,19,20). The van der Waals surface area contributed by atoms with Crippen molar-refractivity contribution in [2.45, 2.75) is 26.1 Å². The number of hydrogen-bond donors (Lipinski definition) is 2. The summed E-state index contributed by atoms with van der Waals surface area (Å²) in [4.78, 5) is 11.7. The molecule has 0 fully saturated rings. The lowest BCUT2D eigenvalue weighted by molar-refractivity contribution is 0.0285. The smallest absolute Gasteiger partial charge is 0.411 e. The Hall–Kier alpha value is -2.53. The number of carbonyl (C=O) groups excluding carboxylic acids is 1. The molecular formula is C18H21NO4. The highest BCUT2D eigenvalue weighted by Crippen LogP contribution is 2.17. The molecule has 0 radical (unpaired) electrons. The molecule has 0 unspecified atom stereocenters. The highest BCUT2D eigenvalue weighted by molar-refractivity contribution is 5.84. The van der Waals surface area contributed by atoms with Gasteiger partial charge in [-0.15, -0.1) is 0 Å². The number of hydrogen-bond acceptors (Lipinski definition) is 4. The van der Waals surface area contributed by atoms with E-state index in [1.54, 1.807) is 38.1 Å². The third kappa shape index (κ3) is 6.40. The summed E-state index contributed by atoms with van der Waals surface area (Å²) in [5.41, 5.74) is 0.648. The molecule has 0 aliphatic heterocycles. The monoisotopic (exact) mass is 315 g/mol. The van der Waals surface area contributed by atoms with Gasteiger partial charge in [-0.3, -0.25) is 5.32 Å². The summed E-state index contributed by atoms with van der Waals surface area (Å²) in [6.45, 7) is 3.76. The number of nitrogens with one attached hydrogen (secondary N) is 1. The van der Waals surface area contributed by atoms with Crippen LogP contribution in [0.1, 0.15) is 19.4 Å². The van der Waals surface area contributed by atoms with Gasteiger partial charge in [-0.25, -0.2) is 4.79 Å². The summed E-state index contributed by atoms with van der Waals surface area (Å²) in [5.74, 6) is 0.621. The number of carbonyl (C=O) groups is 1. The first-order valence-electron chi connectivity index (χ1n) is 7.35. The molecule has 5 nitrogen and oxygen atoms in total. The molecule has 2 N–H and O–H groups in total. The minimum absolute atomic E-state index is 0.193. The van der Waals surface area contributed by atoms with Gasteiger partial charge in [0.1, 0.15) is 19.0 Å². The second-order valence-corrected chi connectivity index (χ2v) is 5.81. The van der Waals surface area contributed by atoms with Crippen molar-refractivity contribution in [3.63, 3.8) is 0 Å². The molecule has 2 aromatic carbocycles. The van der Waals surface area contributed by atoms with E-state index in [-0.39, 0.29) is 13.2 Å². The van der Waals surface area contributed by atoms with Gasteiger partial charge in [-0.1, -0.05) is 30.3 Å². The zero-order valence-corrected chi connectivity index (χ0v) is 13.3. The Morgan fingerprint density at radius 3 is 2.35 bits per heavy atom. The Morgan fingerprint density at radius 2 is 1.74 bits per heavy atom. The molecule has 0 spiro atoms. The van der Waals surface area contributed by atoms with Crippen LogP contribution in [0.15, 0.2) is 54.6 Å². The van der Waals surface area contributed by atoms with Crippen LogP contribution >= 0.6 is 0 Å². The lowest BCUT2D eigenvalue weighted by atomic mass is 10.2. The van der Waals surface area contributed by atoms with Crippen LogP contribution in [-0.4, -0.2) is 23.4 Å². The van der Waals surface area contributed by atoms with Gasteiger partial charge in [0.25, 0.3) is 0 Å².